The highest BCUT2D eigenvalue weighted by Gasteiger charge is 2.22. The molecular formula is C17H25N3O. The van der Waals surface area contributed by atoms with Crippen LogP contribution in [0.4, 0.5) is 0 Å². The van der Waals surface area contributed by atoms with E-state index >= 15 is 0 Å². The second kappa shape index (κ2) is 7.05. The van der Waals surface area contributed by atoms with Crippen molar-refractivity contribution in [2.24, 2.45) is 0 Å². The van der Waals surface area contributed by atoms with E-state index in [0.29, 0.717) is 12.5 Å². The second-order valence-electron chi connectivity index (χ2n) is 6.04. The van der Waals surface area contributed by atoms with Crippen LogP contribution in [0.1, 0.15) is 43.8 Å². The van der Waals surface area contributed by atoms with Crippen LogP contribution in [0.5, 0.6) is 0 Å². The number of nitrogens with one attached hydrogen (secondary N) is 1. The summed E-state index contributed by atoms with van der Waals surface area (Å²) in [5, 5.41) is 8.80. The van der Waals surface area contributed by atoms with Gasteiger partial charge in [0.2, 0.25) is 0 Å². The summed E-state index contributed by atoms with van der Waals surface area (Å²) in [6.07, 6.45) is 5.67. The minimum absolute atomic E-state index is 0.328. The minimum atomic E-state index is 0.328. The molecule has 0 radical (unpaired) electrons. The van der Waals surface area contributed by atoms with Crippen molar-refractivity contribution in [2.45, 2.75) is 38.0 Å². The number of H-pyrrole nitrogens is 1. The predicted octanol–water partition coefficient (Wildman–Crippen LogP) is 2.90. The number of benzene rings is 1. The first-order chi connectivity index (χ1) is 10.4. The third-order valence-electron chi connectivity index (χ3n) is 4.51. The summed E-state index contributed by atoms with van der Waals surface area (Å²) in [6.45, 7) is 3.84. The van der Waals surface area contributed by atoms with Gasteiger partial charge in [-0.3, -0.25) is 0 Å². The zero-order valence-corrected chi connectivity index (χ0v) is 12.6. The van der Waals surface area contributed by atoms with Crippen molar-refractivity contribution >= 4 is 11.0 Å². The first-order valence-electron chi connectivity index (χ1n) is 8.14. The molecule has 114 valence electrons. The molecule has 21 heavy (non-hydrogen) atoms. The summed E-state index contributed by atoms with van der Waals surface area (Å²) in [6, 6.07) is 8.27. The summed E-state index contributed by atoms with van der Waals surface area (Å²) in [5.74, 6) is 1.74. The molecule has 4 nitrogen and oxygen atoms in total. The molecule has 2 heterocycles. The largest absolute Gasteiger partial charge is 0.396 e. The van der Waals surface area contributed by atoms with Crippen molar-refractivity contribution in [2.75, 3.05) is 26.2 Å². The van der Waals surface area contributed by atoms with E-state index in [4.69, 9.17) is 10.1 Å². The van der Waals surface area contributed by atoms with Crippen molar-refractivity contribution in [3.63, 3.8) is 0 Å². The molecule has 0 spiro atoms. The molecule has 1 aliphatic heterocycles. The molecule has 1 aromatic heterocycles. The normalized spacial score (nSPS) is 17.6. The summed E-state index contributed by atoms with van der Waals surface area (Å²) in [7, 11) is 0. The first-order valence-corrected chi connectivity index (χ1v) is 8.14. The highest BCUT2D eigenvalue weighted by Crippen LogP contribution is 2.27. The fourth-order valence-electron chi connectivity index (χ4n) is 3.22. The third kappa shape index (κ3) is 3.63. The number of aromatic nitrogens is 2. The molecule has 1 fully saturated rings. The number of imidazole rings is 1. The Morgan fingerprint density at radius 2 is 1.95 bits per heavy atom. The van der Waals surface area contributed by atoms with Gasteiger partial charge in [0.05, 0.1) is 11.0 Å². The highest BCUT2D eigenvalue weighted by molar-refractivity contribution is 5.74. The Bertz CT molecular complexity index is 525. The molecule has 0 atom stereocenters. The third-order valence-corrected chi connectivity index (χ3v) is 4.51. The molecule has 2 N–H and O–H groups in total. The lowest BCUT2D eigenvalue weighted by molar-refractivity contribution is 0.202. The van der Waals surface area contributed by atoms with Gasteiger partial charge in [-0.2, -0.15) is 0 Å². The predicted molar refractivity (Wildman–Crippen MR) is 85.4 cm³/mol. The van der Waals surface area contributed by atoms with Gasteiger partial charge in [0.15, 0.2) is 0 Å². The Hall–Kier alpha value is -1.39. The molecule has 2 aromatic rings. The number of unbranched alkanes of at least 4 members (excludes halogenated alkanes) is 2. The van der Waals surface area contributed by atoms with E-state index in [0.717, 1.165) is 29.7 Å². The van der Waals surface area contributed by atoms with Crippen molar-refractivity contribution in [1.82, 2.24) is 14.9 Å². The SMILES string of the molecule is OCCCCCN1CCC(c2nc3ccccc3[nH]2)CC1. The van der Waals surface area contributed by atoms with Crippen LogP contribution in [-0.4, -0.2) is 46.2 Å². The second-order valence-corrected chi connectivity index (χ2v) is 6.04. The molecule has 0 amide bonds. The molecule has 1 aliphatic rings. The van der Waals surface area contributed by atoms with E-state index in [1.807, 2.05) is 6.07 Å². The molecule has 0 unspecified atom stereocenters. The molecule has 1 aromatic carbocycles. The number of aliphatic hydroxyl groups is 1. The summed E-state index contributed by atoms with van der Waals surface area (Å²) in [4.78, 5) is 10.8. The van der Waals surface area contributed by atoms with Gasteiger partial charge in [-0.05, 0) is 63.9 Å². The topological polar surface area (TPSA) is 52.1 Å². The molecule has 0 saturated carbocycles. The molecule has 0 bridgehead atoms. The lowest BCUT2D eigenvalue weighted by atomic mass is 9.96. The van der Waals surface area contributed by atoms with Gasteiger partial charge in [0, 0.05) is 12.5 Å². The number of nitrogens with zero attached hydrogens (tertiary/aromatic N) is 2. The average Bonchev–Trinajstić information content (AvgIpc) is 2.96. The van der Waals surface area contributed by atoms with Crippen LogP contribution in [0.3, 0.4) is 0 Å². The summed E-state index contributed by atoms with van der Waals surface area (Å²) >= 11 is 0. The van der Waals surface area contributed by atoms with Gasteiger partial charge in [-0.25, -0.2) is 4.98 Å². The Kier molecular flexibility index (Phi) is 4.88. The fraction of sp³-hybridized carbons (Fsp3) is 0.588. The highest BCUT2D eigenvalue weighted by atomic mass is 16.2. The van der Waals surface area contributed by atoms with Crippen LogP contribution in [-0.2, 0) is 0 Å². The number of aliphatic hydroxyl groups excluding tert-OH is 1. The van der Waals surface area contributed by atoms with Gasteiger partial charge in [0.1, 0.15) is 5.82 Å². The number of fused-ring (bicyclic) bond motifs is 1. The Labute approximate surface area is 126 Å². The number of likely N-dealkylation sites (tertiary alicyclic amines) is 1. The van der Waals surface area contributed by atoms with Gasteiger partial charge in [-0.15, -0.1) is 0 Å². The van der Waals surface area contributed by atoms with Gasteiger partial charge >= 0.3 is 0 Å². The van der Waals surface area contributed by atoms with Crippen molar-refractivity contribution in [1.29, 1.82) is 0 Å². The Morgan fingerprint density at radius 3 is 2.71 bits per heavy atom. The zero-order chi connectivity index (χ0) is 14.5. The van der Waals surface area contributed by atoms with Crippen LogP contribution in [0.2, 0.25) is 0 Å². The number of hydrogen-bond donors (Lipinski definition) is 2. The number of piperidine rings is 1. The van der Waals surface area contributed by atoms with Crippen molar-refractivity contribution in [3.8, 4) is 0 Å². The fourth-order valence-corrected chi connectivity index (χ4v) is 3.22. The summed E-state index contributed by atoms with van der Waals surface area (Å²) < 4.78 is 0. The van der Waals surface area contributed by atoms with Crippen LogP contribution >= 0.6 is 0 Å². The number of hydrogen-bond acceptors (Lipinski definition) is 3. The smallest absolute Gasteiger partial charge is 0.110 e. The average molecular weight is 287 g/mol. The first kappa shape index (κ1) is 14.5. The molecule has 4 heteroatoms. The van der Waals surface area contributed by atoms with E-state index in [1.165, 1.54) is 38.9 Å². The quantitative estimate of drug-likeness (QED) is 0.803. The molecule has 3 rings (SSSR count). The van der Waals surface area contributed by atoms with E-state index < -0.39 is 0 Å². The number of rotatable bonds is 6. The molecular weight excluding hydrogens is 262 g/mol. The van der Waals surface area contributed by atoms with Crippen LogP contribution in [0.15, 0.2) is 24.3 Å². The monoisotopic (exact) mass is 287 g/mol. The number of para-hydroxylation sites is 2. The van der Waals surface area contributed by atoms with Gasteiger partial charge in [-0.1, -0.05) is 12.1 Å². The lowest BCUT2D eigenvalue weighted by Gasteiger charge is -2.31. The number of aromatic amines is 1. The minimum Gasteiger partial charge on any atom is -0.396 e. The Balaban J connectivity index is 1.51. The molecule has 0 aliphatic carbocycles. The van der Waals surface area contributed by atoms with Gasteiger partial charge in [0.25, 0.3) is 0 Å². The maximum absolute atomic E-state index is 8.80. The van der Waals surface area contributed by atoms with Crippen molar-refractivity contribution < 1.29 is 5.11 Å². The van der Waals surface area contributed by atoms with Gasteiger partial charge < -0.3 is 15.0 Å². The van der Waals surface area contributed by atoms with E-state index in [-0.39, 0.29) is 0 Å². The summed E-state index contributed by atoms with van der Waals surface area (Å²) in [5.41, 5.74) is 2.23. The standard InChI is InChI=1S/C17H25N3O/c21-13-5-1-4-10-20-11-8-14(9-12-20)17-18-15-6-2-3-7-16(15)19-17/h2-3,6-7,14,21H,1,4-5,8-13H2,(H,18,19). The zero-order valence-electron chi connectivity index (χ0n) is 12.6. The van der Waals surface area contributed by atoms with E-state index in [1.54, 1.807) is 0 Å². The maximum Gasteiger partial charge on any atom is 0.110 e. The van der Waals surface area contributed by atoms with Crippen LogP contribution in [0, 0.1) is 0 Å². The van der Waals surface area contributed by atoms with Crippen LogP contribution < -0.4 is 0 Å². The maximum atomic E-state index is 8.80. The Morgan fingerprint density at radius 1 is 1.14 bits per heavy atom. The van der Waals surface area contributed by atoms with E-state index in [2.05, 4.69) is 28.1 Å². The van der Waals surface area contributed by atoms with Crippen molar-refractivity contribution in [3.05, 3.63) is 30.1 Å². The van der Waals surface area contributed by atoms with E-state index in [9.17, 15) is 0 Å². The lowest BCUT2D eigenvalue weighted by Crippen LogP contribution is -2.34. The van der Waals surface area contributed by atoms with Crippen LogP contribution in [0.25, 0.3) is 11.0 Å². The molecule has 1 saturated heterocycles.